The van der Waals surface area contributed by atoms with E-state index < -0.39 is 11.5 Å². The lowest BCUT2D eigenvalue weighted by Crippen LogP contribution is -2.53. The highest BCUT2D eigenvalue weighted by molar-refractivity contribution is 5.99. The molecule has 4 aromatic carbocycles. The van der Waals surface area contributed by atoms with Crippen LogP contribution in [-0.4, -0.2) is 35.4 Å². The van der Waals surface area contributed by atoms with Crippen LogP contribution >= 0.6 is 0 Å². The Morgan fingerprint density at radius 3 is 1.69 bits per heavy atom. The minimum absolute atomic E-state index is 0.157. The Kier molecular flexibility index (Phi) is 7.72. The average Bonchev–Trinajstić information content (AvgIpc) is 2.96. The quantitative estimate of drug-likeness (QED) is 0.250. The molecule has 0 saturated carbocycles. The first-order valence-corrected chi connectivity index (χ1v) is 12.9. The maximum Gasteiger partial charge on any atom is 0.170 e. The molecule has 0 aliphatic carbocycles. The Morgan fingerprint density at radius 2 is 1.23 bits per heavy atom. The first kappa shape index (κ1) is 26.5. The fourth-order valence-electron chi connectivity index (χ4n) is 4.91. The maximum absolute atomic E-state index is 13.8. The molecule has 1 N–H and O–H groups in total. The molecule has 1 saturated heterocycles. The van der Waals surface area contributed by atoms with Gasteiger partial charge >= 0.3 is 0 Å². The molecule has 1 heterocycles. The number of benzene rings is 4. The zero-order valence-electron chi connectivity index (χ0n) is 21.5. The fraction of sp³-hybridized carbons (Fsp3) is 0.219. The zero-order chi connectivity index (χ0) is 27.4. The summed E-state index contributed by atoms with van der Waals surface area (Å²) in [7, 11) is 0. The molecular formula is C32H29F2NO4. The van der Waals surface area contributed by atoms with Crippen molar-refractivity contribution in [3.05, 3.63) is 120 Å². The molecule has 1 fully saturated rings. The number of halogens is 2. The highest BCUT2D eigenvalue weighted by Crippen LogP contribution is 2.40. The molecule has 0 bridgehead atoms. The number of ether oxygens (including phenoxy) is 2. The van der Waals surface area contributed by atoms with Crippen LogP contribution in [0.25, 0.3) is 0 Å². The molecular weight excluding hydrogens is 500 g/mol. The molecule has 0 amide bonds. The third kappa shape index (κ3) is 6.00. The first-order valence-electron chi connectivity index (χ1n) is 12.9. The van der Waals surface area contributed by atoms with E-state index in [0.29, 0.717) is 53.6 Å². The van der Waals surface area contributed by atoms with Gasteiger partial charge in [0, 0.05) is 18.7 Å². The molecule has 0 unspecified atom stereocenters. The monoisotopic (exact) mass is 529 g/mol. The van der Waals surface area contributed by atoms with E-state index in [1.165, 1.54) is 36.4 Å². The number of ketones is 1. The Hall–Kier alpha value is -4.07. The summed E-state index contributed by atoms with van der Waals surface area (Å²) in [6.45, 7) is 3.90. The molecule has 4 aromatic rings. The maximum atomic E-state index is 13.8. The van der Waals surface area contributed by atoms with E-state index in [0.717, 1.165) is 6.54 Å². The first-order chi connectivity index (χ1) is 18.8. The summed E-state index contributed by atoms with van der Waals surface area (Å²) in [6, 6.07) is 25.2. The number of aliphatic hydroxyl groups is 1. The molecule has 1 aliphatic heterocycles. The van der Waals surface area contributed by atoms with Crippen LogP contribution in [0.4, 0.5) is 8.78 Å². The summed E-state index contributed by atoms with van der Waals surface area (Å²) in [5.74, 6) is 0.517. The molecule has 0 radical (unpaired) electrons. The van der Waals surface area contributed by atoms with Gasteiger partial charge < -0.3 is 19.5 Å². The van der Waals surface area contributed by atoms with Crippen molar-refractivity contribution in [2.75, 3.05) is 19.6 Å². The van der Waals surface area contributed by atoms with Gasteiger partial charge in [0.25, 0.3) is 0 Å². The minimum atomic E-state index is -1.36. The summed E-state index contributed by atoms with van der Waals surface area (Å²) in [4.78, 5) is 15.9. The van der Waals surface area contributed by atoms with Gasteiger partial charge in [-0.1, -0.05) is 19.1 Å². The summed E-state index contributed by atoms with van der Waals surface area (Å²) >= 11 is 0. The highest BCUT2D eigenvalue weighted by atomic mass is 19.1. The fourth-order valence-corrected chi connectivity index (χ4v) is 4.91. The average molecular weight is 530 g/mol. The number of hydrogen-bond donors (Lipinski definition) is 1. The second-order valence-electron chi connectivity index (χ2n) is 9.65. The van der Waals surface area contributed by atoms with Crippen molar-refractivity contribution in [2.24, 2.45) is 5.92 Å². The Balaban J connectivity index is 1.35. The van der Waals surface area contributed by atoms with Crippen LogP contribution in [0.5, 0.6) is 23.0 Å². The molecule has 2 atom stereocenters. The van der Waals surface area contributed by atoms with Crippen molar-refractivity contribution < 1.29 is 28.2 Å². The highest BCUT2D eigenvalue weighted by Gasteiger charge is 2.46. The van der Waals surface area contributed by atoms with Crippen LogP contribution in [0.2, 0.25) is 0 Å². The van der Waals surface area contributed by atoms with Gasteiger partial charge in [0.15, 0.2) is 5.78 Å². The molecule has 200 valence electrons. The lowest BCUT2D eigenvalue weighted by atomic mass is 9.72. The van der Waals surface area contributed by atoms with Gasteiger partial charge in [-0.15, -0.1) is 0 Å². The van der Waals surface area contributed by atoms with E-state index in [4.69, 9.17) is 9.47 Å². The number of carbonyl (C=O) groups is 1. The van der Waals surface area contributed by atoms with E-state index in [1.807, 2.05) is 6.92 Å². The number of likely N-dealkylation sites (tertiary alicyclic amines) is 1. The minimum Gasteiger partial charge on any atom is -0.457 e. The van der Waals surface area contributed by atoms with Crippen LogP contribution in [0.3, 0.4) is 0 Å². The summed E-state index contributed by atoms with van der Waals surface area (Å²) in [5.41, 5.74) is -0.251. The van der Waals surface area contributed by atoms with Crippen LogP contribution < -0.4 is 9.47 Å². The van der Waals surface area contributed by atoms with Gasteiger partial charge in [-0.25, -0.2) is 8.78 Å². The summed E-state index contributed by atoms with van der Waals surface area (Å²) in [5, 5.41) is 11.9. The van der Waals surface area contributed by atoms with Gasteiger partial charge in [0.2, 0.25) is 0 Å². The van der Waals surface area contributed by atoms with E-state index >= 15 is 0 Å². The second-order valence-corrected chi connectivity index (χ2v) is 9.65. The molecule has 1 aliphatic rings. The van der Waals surface area contributed by atoms with Gasteiger partial charge in [0.1, 0.15) is 40.2 Å². The number of rotatable bonds is 8. The number of carbonyl (C=O) groups excluding carboxylic acids is 1. The van der Waals surface area contributed by atoms with Gasteiger partial charge in [-0.3, -0.25) is 4.79 Å². The van der Waals surface area contributed by atoms with Crippen molar-refractivity contribution in [3.63, 3.8) is 0 Å². The van der Waals surface area contributed by atoms with E-state index in [2.05, 4.69) is 4.90 Å². The van der Waals surface area contributed by atoms with Crippen LogP contribution in [-0.2, 0) is 5.60 Å². The number of piperidine rings is 1. The van der Waals surface area contributed by atoms with Gasteiger partial charge in [-0.05, 0) is 103 Å². The van der Waals surface area contributed by atoms with E-state index in [-0.39, 0.29) is 17.4 Å². The number of hydrogen-bond acceptors (Lipinski definition) is 5. The second kappa shape index (κ2) is 11.4. The Bertz CT molecular complexity index is 1410. The van der Waals surface area contributed by atoms with Crippen molar-refractivity contribution in [3.8, 4) is 23.0 Å². The van der Waals surface area contributed by atoms with Crippen molar-refractivity contribution in [1.29, 1.82) is 0 Å². The smallest absolute Gasteiger partial charge is 0.170 e. The molecule has 0 spiro atoms. The van der Waals surface area contributed by atoms with Crippen LogP contribution in [0.1, 0.15) is 29.3 Å². The molecule has 5 nitrogen and oxygen atoms in total. The molecule has 0 aromatic heterocycles. The third-order valence-corrected chi connectivity index (χ3v) is 7.18. The van der Waals surface area contributed by atoms with Gasteiger partial charge in [0.05, 0.1) is 5.92 Å². The van der Waals surface area contributed by atoms with E-state index in [9.17, 15) is 18.7 Å². The Labute approximate surface area is 226 Å². The topological polar surface area (TPSA) is 59.0 Å². The standard InChI is InChI=1S/C32H29F2NO4/c1-2-35-20-19-32(37,23-5-13-27(14-6-23)39-29-17-9-25(34)10-18-29)30(21-35)31(36)22-3-11-26(12-4-22)38-28-15-7-24(33)8-16-28/h3-18,30,37H,2,19-21H2,1H3/t30-,32-/m0/s1. The molecule has 7 heteroatoms. The molecule has 5 rings (SSSR count). The molecule has 39 heavy (non-hydrogen) atoms. The SMILES string of the molecule is CCN1CC[C@](O)(c2ccc(Oc3ccc(F)cc3)cc2)[C@H](C(=O)c2ccc(Oc3ccc(F)cc3)cc2)C1. The predicted octanol–water partition coefficient (Wildman–Crippen LogP) is 6.96. The summed E-state index contributed by atoms with van der Waals surface area (Å²) in [6.07, 6.45) is 0.404. The third-order valence-electron chi connectivity index (χ3n) is 7.18. The van der Waals surface area contributed by atoms with E-state index in [1.54, 1.807) is 60.7 Å². The van der Waals surface area contributed by atoms with Crippen molar-refractivity contribution in [2.45, 2.75) is 18.9 Å². The van der Waals surface area contributed by atoms with Gasteiger partial charge in [-0.2, -0.15) is 0 Å². The van der Waals surface area contributed by atoms with Crippen LogP contribution in [0, 0.1) is 17.6 Å². The zero-order valence-corrected chi connectivity index (χ0v) is 21.5. The Morgan fingerprint density at radius 1 is 0.795 bits per heavy atom. The van der Waals surface area contributed by atoms with Crippen LogP contribution in [0.15, 0.2) is 97.1 Å². The largest absolute Gasteiger partial charge is 0.457 e. The van der Waals surface area contributed by atoms with Crippen molar-refractivity contribution >= 4 is 5.78 Å². The number of Topliss-reactive ketones (excluding diaryl/α,β-unsaturated/α-hetero) is 1. The number of nitrogens with zero attached hydrogens (tertiary/aromatic N) is 1. The summed E-state index contributed by atoms with van der Waals surface area (Å²) < 4.78 is 37.9. The lowest BCUT2D eigenvalue weighted by Gasteiger charge is -2.44. The van der Waals surface area contributed by atoms with Crippen molar-refractivity contribution in [1.82, 2.24) is 4.90 Å². The lowest BCUT2D eigenvalue weighted by molar-refractivity contribution is -0.0632. The predicted molar refractivity (Wildman–Crippen MR) is 144 cm³/mol. The normalized spacial score (nSPS) is 19.4.